The van der Waals surface area contributed by atoms with Gasteiger partial charge in [-0.25, -0.2) is 8.78 Å². The number of halogens is 6. The van der Waals surface area contributed by atoms with Gasteiger partial charge in [0.05, 0.1) is 16.7 Å². The van der Waals surface area contributed by atoms with Gasteiger partial charge in [0.15, 0.2) is 24.8 Å². The molecule has 0 radical (unpaired) electrons. The van der Waals surface area contributed by atoms with E-state index in [4.69, 9.17) is 21.1 Å². The molecule has 0 unspecified atom stereocenters. The highest BCUT2D eigenvalue weighted by molar-refractivity contribution is 6.30. The first kappa shape index (κ1) is 28.7. The largest absolute Gasteiger partial charge is 0.573 e. The minimum Gasteiger partial charge on any atom is -0.484 e. The Balaban J connectivity index is 1.26. The third-order valence-corrected chi connectivity index (χ3v) is 7.18. The first-order valence-electron chi connectivity index (χ1n) is 11.8. The van der Waals surface area contributed by atoms with Gasteiger partial charge in [-0.15, -0.1) is 13.2 Å². The van der Waals surface area contributed by atoms with Crippen molar-refractivity contribution >= 4 is 23.4 Å². The van der Waals surface area contributed by atoms with Gasteiger partial charge >= 0.3 is 6.36 Å². The third kappa shape index (κ3) is 7.01. The van der Waals surface area contributed by atoms with Crippen molar-refractivity contribution in [3.63, 3.8) is 0 Å². The third-order valence-electron chi connectivity index (χ3n) is 6.87. The first-order chi connectivity index (χ1) is 18.3. The molecule has 8 nitrogen and oxygen atoms in total. The Morgan fingerprint density at radius 3 is 2.03 bits per heavy atom. The summed E-state index contributed by atoms with van der Waals surface area (Å²) in [5.41, 5.74) is -1.66. The second kappa shape index (κ2) is 11.0. The van der Waals surface area contributed by atoms with Crippen LogP contribution < -0.4 is 24.8 Å². The van der Waals surface area contributed by atoms with E-state index in [-0.39, 0.29) is 29.5 Å². The van der Waals surface area contributed by atoms with Crippen molar-refractivity contribution in [2.75, 3.05) is 13.2 Å². The normalized spacial score (nSPS) is 24.1. The zero-order valence-electron chi connectivity index (χ0n) is 20.2. The quantitative estimate of drug-likeness (QED) is 0.388. The molecular formula is C25H24ClF5N2O6. The fraction of sp³-hybridized carbons (Fsp3) is 0.440. The molecule has 3 saturated carbocycles. The van der Waals surface area contributed by atoms with Gasteiger partial charge in [-0.1, -0.05) is 11.6 Å². The lowest BCUT2D eigenvalue weighted by molar-refractivity contribution is -0.275. The molecule has 3 fully saturated rings. The summed E-state index contributed by atoms with van der Waals surface area (Å²) in [6.07, 6.45) is -4.27. The second-order valence-corrected chi connectivity index (χ2v) is 9.95. The Hall–Kier alpha value is -3.32. The molecule has 3 aliphatic carbocycles. The molecule has 3 N–H and O–H groups in total. The molecule has 0 heterocycles. The SMILES string of the molecule is O=C(COc1ccc(Cl)c(F)c1)NC12CCC(NC(=O)COc3ccc(OC(F)(F)F)c(F)c3)(CC1)[C@H](O)C2. The molecule has 0 aromatic heterocycles. The van der Waals surface area contributed by atoms with Gasteiger partial charge in [0.1, 0.15) is 17.3 Å². The Morgan fingerprint density at radius 2 is 1.49 bits per heavy atom. The number of nitrogens with one attached hydrogen (secondary N) is 2. The minimum atomic E-state index is -5.06. The topological polar surface area (TPSA) is 106 Å². The van der Waals surface area contributed by atoms with Gasteiger partial charge in [-0.3, -0.25) is 9.59 Å². The van der Waals surface area contributed by atoms with Crippen LogP contribution in [0.2, 0.25) is 5.02 Å². The molecule has 1 atom stereocenters. The van der Waals surface area contributed by atoms with Gasteiger partial charge in [0, 0.05) is 17.7 Å². The molecule has 0 spiro atoms. The molecule has 2 aromatic rings. The fourth-order valence-electron chi connectivity index (χ4n) is 4.95. The molecule has 0 saturated heterocycles. The monoisotopic (exact) mass is 578 g/mol. The van der Waals surface area contributed by atoms with E-state index in [0.29, 0.717) is 31.7 Å². The van der Waals surface area contributed by atoms with E-state index in [2.05, 4.69) is 15.4 Å². The average Bonchev–Trinajstić information content (AvgIpc) is 2.85. The second-order valence-electron chi connectivity index (χ2n) is 9.55. The first-order valence-corrected chi connectivity index (χ1v) is 12.2. The molecular weight excluding hydrogens is 555 g/mol. The number of carbonyl (C=O) groups is 2. The lowest BCUT2D eigenvalue weighted by atomic mass is 9.60. The number of hydrogen-bond acceptors (Lipinski definition) is 6. The lowest BCUT2D eigenvalue weighted by Gasteiger charge is -2.56. The highest BCUT2D eigenvalue weighted by Crippen LogP contribution is 2.47. The summed E-state index contributed by atoms with van der Waals surface area (Å²) in [6.45, 7) is -0.945. The van der Waals surface area contributed by atoms with Gasteiger partial charge in [0.25, 0.3) is 11.8 Å². The van der Waals surface area contributed by atoms with Crippen molar-refractivity contribution < 1.29 is 50.9 Å². The summed E-state index contributed by atoms with van der Waals surface area (Å²) >= 11 is 5.63. The molecule has 5 rings (SSSR count). The molecule has 2 amide bonds. The van der Waals surface area contributed by atoms with Gasteiger partial charge in [-0.05, 0) is 56.4 Å². The van der Waals surface area contributed by atoms with Crippen molar-refractivity contribution in [2.45, 2.75) is 55.6 Å². The maximum atomic E-state index is 13.8. The molecule has 2 bridgehead atoms. The number of ether oxygens (including phenoxy) is 3. The van der Waals surface area contributed by atoms with Gasteiger partial charge < -0.3 is 30.0 Å². The highest BCUT2D eigenvalue weighted by atomic mass is 35.5. The van der Waals surface area contributed by atoms with Gasteiger partial charge in [-0.2, -0.15) is 0 Å². The minimum absolute atomic E-state index is 0.0752. The zero-order chi connectivity index (χ0) is 28.4. The molecule has 212 valence electrons. The number of amides is 2. The molecule has 3 aliphatic rings. The van der Waals surface area contributed by atoms with E-state index in [1.807, 2.05) is 0 Å². The van der Waals surface area contributed by atoms with Crippen LogP contribution in [0.4, 0.5) is 22.0 Å². The number of rotatable bonds is 9. The fourth-order valence-corrected chi connectivity index (χ4v) is 5.07. The van der Waals surface area contributed by atoms with Crippen molar-refractivity contribution in [2.24, 2.45) is 0 Å². The van der Waals surface area contributed by atoms with Crippen molar-refractivity contribution in [3.8, 4) is 17.2 Å². The maximum Gasteiger partial charge on any atom is 0.573 e. The molecule has 0 aliphatic heterocycles. The lowest BCUT2D eigenvalue weighted by Crippen LogP contribution is -2.70. The van der Waals surface area contributed by atoms with Crippen LogP contribution in [0, 0.1) is 11.6 Å². The van der Waals surface area contributed by atoms with E-state index in [0.717, 1.165) is 18.2 Å². The number of carbonyl (C=O) groups excluding carboxylic acids is 2. The van der Waals surface area contributed by atoms with Crippen LogP contribution in [0.25, 0.3) is 0 Å². The Bertz CT molecular complexity index is 1240. The summed E-state index contributed by atoms with van der Waals surface area (Å²) in [4.78, 5) is 25.0. The van der Waals surface area contributed by atoms with Crippen LogP contribution in [-0.2, 0) is 9.59 Å². The highest BCUT2D eigenvalue weighted by Gasteiger charge is 2.55. The Labute approximate surface area is 224 Å². The van der Waals surface area contributed by atoms with Crippen LogP contribution in [0.5, 0.6) is 17.2 Å². The van der Waals surface area contributed by atoms with E-state index < -0.39 is 59.3 Å². The number of fused-ring (bicyclic) bond motifs is 3. The number of benzene rings is 2. The number of hydrogen-bond donors (Lipinski definition) is 3. The van der Waals surface area contributed by atoms with E-state index >= 15 is 0 Å². The van der Waals surface area contributed by atoms with Crippen molar-refractivity contribution in [1.82, 2.24) is 10.6 Å². The van der Waals surface area contributed by atoms with Crippen LogP contribution in [0.3, 0.4) is 0 Å². The van der Waals surface area contributed by atoms with E-state index in [1.165, 1.54) is 12.1 Å². The van der Waals surface area contributed by atoms with Crippen molar-refractivity contribution in [1.29, 1.82) is 0 Å². The summed E-state index contributed by atoms with van der Waals surface area (Å²) in [5, 5.41) is 16.4. The summed E-state index contributed by atoms with van der Waals surface area (Å²) in [7, 11) is 0. The average molecular weight is 579 g/mol. The predicted octanol–water partition coefficient (Wildman–Crippen LogP) is 4.02. The van der Waals surface area contributed by atoms with Crippen LogP contribution in [0.15, 0.2) is 36.4 Å². The standard InChI is InChI=1S/C25H24ClF5N2O6/c26-16-3-1-14(9-17(16)27)37-12-21(35)32-23-5-7-24(8-6-23,20(34)11-23)33-22(36)13-38-15-2-4-19(18(28)10-15)39-25(29,30)31/h1-4,9-10,20,34H,5-8,11-13H2,(H,32,35)(H,33,36)/t20-,23?,24?/m1/s1. The molecule has 39 heavy (non-hydrogen) atoms. The van der Waals surface area contributed by atoms with Crippen molar-refractivity contribution in [3.05, 3.63) is 53.1 Å². The maximum absolute atomic E-state index is 13.8. The van der Waals surface area contributed by atoms with Crippen LogP contribution >= 0.6 is 11.6 Å². The summed E-state index contributed by atoms with van der Waals surface area (Å²) < 4.78 is 78.3. The smallest absolute Gasteiger partial charge is 0.484 e. The number of aliphatic hydroxyl groups is 1. The Morgan fingerprint density at radius 1 is 0.923 bits per heavy atom. The predicted molar refractivity (Wildman–Crippen MR) is 126 cm³/mol. The molecule has 2 aromatic carbocycles. The summed E-state index contributed by atoms with van der Waals surface area (Å²) in [6, 6.07) is 6.21. The van der Waals surface area contributed by atoms with E-state index in [9.17, 15) is 36.6 Å². The van der Waals surface area contributed by atoms with Gasteiger partial charge in [0.2, 0.25) is 0 Å². The summed E-state index contributed by atoms with van der Waals surface area (Å²) in [5.74, 6) is -4.16. The number of aliphatic hydroxyl groups excluding tert-OH is 1. The van der Waals surface area contributed by atoms with Crippen LogP contribution in [-0.4, -0.2) is 53.7 Å². The number of alkyl halides is 3. The Kier molecular flexibility index (Phi) is 8.12. The van der Waals surface area contributed by atoms with E-state index in [1.54, 1.807) is 0 Å². The van der Waals surface area contributed by atoms with Crippen LogP contribution in [0.1, 0.15) is 32.1 Å². The molecule has 14 heteroatoms. The zero-order valence-corrected chi connectivity index (χ0v) is 21.0.